The van der Waals surface area contributed by atoms with E-state index in [-0.39, 0.29) is 40.5 Å². The predicted molar refractivity (Wildman–Crippen MR) is 84.0 cm³/mol. The van der Waals surface area contributed by atoms with Gasteiger partial charge in [-0.3, -0.25) is 0 Å². The van der Waals surface area contributed by atoms with Gasteiger partial charge in [-0.1, -0.05) is 6.92 Å². The lowest BCUT2D eigenvalue weighted by Gasteiger charge is -2.09. The Balaban J connectivity index is 0.00000441. The van der Waals surface area contributed by atoms with E-state index in [4.69, 9.17) is 0 Å². The van der Waals surface area contributed by atoms with Crippen molar-refractivity contribution in [1.29, 1.82) is 0 Å². The molecule has 0 saturated heterocycles. The second-order valence-corrected chi connectivity index (χ2v) is 7.07. The number of hydrogen-bond acceptors (Lipinski definition) is 4. The molecule has 0 aliphatic carbocycles. The zero-order chi connectivity index (χ0) is 15.9. The number of thioether (sulfide) groups is 1. The van der Waals surface area contributed by atoms with Crippen LogP contribution in [0.15, 0.2) is 34.1 Å². The first-order valence-electron chi connectivity index (χ1n) is 6.31. The standard InChI is InChI=1S/C12H17F3N2O2S2.ClH/c1-2-7-16-8-9-17-21(18,19)11-5-3-10(4-6-11)20-12(13,14)15;/h3-6,16-17H,2,7-9H2,1H3;1H. The monoisotopic (exact) mass is 378 g/mol. The third-order valence-corrected chi connectivity index (χ3v) is 4.60. The predicted octanol–water partition coefficient (Wildman–Crippen LogP) is 3.00. The fourth-order valence-electron chi connectivity index (χ4n) is 1.48. The molecular formula is C12H18ClF3N2O2S2. The number of halogens is 4. The molecule has 0 aliphatic heterocycles. The summed E-state index contributed by atoms with van der Waals surface area (Å²) in [6.45, 7) is 3.51. The first kappa shape index (κ1) is 21.5. The highest BCUT2D eigenvalue weighted by Gasteiger charge is 2.29. The average molecular weight is 379 g/mol. The summed E-state index contributed by atoms with van der Waals surface area (Å²) in [5, 5.41) is 3.04. The molecule has 0 aliphatic rings. The average Bonchev–Trinajstić information content (AvgIpc) is 2.37. The van der Waals surface area contributed by atoms with Gasteiger partial charge >= 0.3 is 5.51 Å². The molecule has 1 rings (SSSR count). The van der Waals surface area contributed by atoms with Crippen molar-refractivity contribution in [3.63, 3.8) is 0 Å². The summed E-state index contributed by atoms with van der Waals surface area (Å²) < 4.78 is 62.7. The molecular weight excluding hydrogens is 361 g/mol. The van der Waals surface area contributed by atoms with E-state index < -0.39 is 15.5 Å². The molecule has 0 amide bonds. The van der Waals surface area contributed by atoms with E-state index in [2.05, 4.69) is 10.0 Å². The maximum Gasteiger partial charge on any atom is 0.446 e. The van der Waals surface area contributed by atoms with Crippen LogP contribution in [0.25, 0.3) is 0 Å². The summed E-state index contributed by atoms with van der Waals surface area (Å²) in [6, 6.07) is 4.61. The molecule has 0 saturated carbocycles. The largest absolute Gasteiger partial charge is 0.446 e. The van der Waals surface area contributed by atoms with Crippen molar-refractivity contribution >= 4 is 34.2 Å². The van der Waals surface area contributed by atoms with Gasteiger partial charge in [0.2, 0.25) is 10.0 Å². The second-order valence-electron chi connectivity index (χ2n) is 4.17. The van der Waals surface area contributed by atoms with Crippen molar-refractivity contribution in [1.82, 2.24) is 10.0 Å². The lowest BCUT2D eigenvalue weighted by Crippen LogP contribution is -2.32. The Bertz CT molecular complexity index is 536. The van der Waals surface area contributed by atoms with E-state index in [1.165, 1.54) is 0 Å². The van der Waals surface area contributed by atoms with Crippen LogP contribution in [0.1, 0.15) is 13.3 Å². The van der Waals surface area contributed by atoms with E-state index in [0.29, 0.717) is 6.54 Å². The van der Waals surface area contributed by atoms with Gasteiger partial charge in [0.05, 0.1) is 4.90 Å². The molecule has 0 fully saturated rings. The summed E-state index contributed by atoms with van der Waals surface area (Å²) in [5.74, 6) is 0. The Morgan fingerprint density at radius 2 is 1.68 bits per heavy atom. The van der Waals surface area contributed by atoms with Crippen LogP contribution in [-0.4, -0.2) is 33.6 Å². The minimum atomic E-state index is -4.39. The van der Waals surface area contributed by atoms with E-state index in [1.807, 2.05) is 6.92 Å². The summed E-state index contributed by atoms with van der Waals surface area (Å²) in [6.07, 6.45) is 0.949. The molecule has 1 aromatic carbocycles. The maximum atomic E-state index is 12.2. The molecule has 0 heterocycles. The van der Waals surface area contributed by atoms with Crippen LogP contribution in [0.3, 0.4) is 0 Å². The third-order valence-electron chi connectivity index (χ3n) is 2.39. The number of sulfonamides is 1. The van der Waals surface area contributed by atoms with Gasteiger partial charge in [0, 0.05) is 18.0 Å². The minimum Gasteiger partial charge on any atom is -0.315 e. The number of hydrogen-bond donors (Lipinski definition) is 2. The Morgan fingerprint density at radius 1 is 1.09 bits per heavy atom. The van der Waals surface area contributed by atoms with Crippen LogP contribution < -0.4 is 10.0 Å². The van der Waals surface area contributed by atoms with Crippen molar-refractivity contribution in [2.75, 3.05) is 19.6 Å². The van der Waals surface area contributed by atoms with Crippen molar-refractivity contribution in [3.05, 3.63) is 24.3 Å². The lowest BCUT2D eigenvalue weighted by atomic mass is 10.4. The first-order chi connectivity index (χ1) is 9.74. The molecule has 22 heavy (non-hydrogen) atoms. The van der Waals surface area contributed by atoms with Gasteiger partial charge in [-0.2, -0.15) is 13.2 Å². The van der Waals surface area contributed by atoms with Crippen molar-refractivity contribution in [2.45, 2.75) is 28.6 Å². The van der Waals surface area contributed by atoms with Crippen molar-refractivity contribution in [2.24, 2.45) is 0 Å². The number of benzene rings is 1. The molecule has 0 bridgehead atoms. The molecule has 2 N–H and O–H groups in total. The van der Waals surface area contributed by atoms with Gasteiger partial charge in [0.15, 0.2) is 0 Å². The SMILES string of the molecule is CCCNCCNS(=O)(=O)c1ccc(SC(F)(F)F)cc1.Cl. The fourth-order valence-corrected chi connectivity index (χ4v) is 3.05. The smallest absolute Gasteiger partial charge is 0.315 e. The topological polar surface area (TPSA) is 58.2 Å². The maximum absolute atomic E-state index is 12.2. The van der Waals surface area contributed by atoms with Gasteiger partial charge in [-0.25, -0.2) is 13.1 Å². The molecule has 0 unspecified atom stereocenters. The highest BCUT2D eigenvalue weighted by molar-refractivity contribution is 8.00. The van der Waals surface area contributed by atoms with Gasteiger partial charge in [-0.05, 0) is 49.0 Å². The van der Waals surface area contributed by atoms with Crippen molar-refractivity contribution < 1.29 is 21.6 Å². The minimum absolute atomic E-state index is 0. The molecule has 10 heteroatoms. The summed E-state index contributed by atoms with van der Waals surface area (Å²) in [7, 11) is -3.69. The zero-order valence-corrected chi connectivity index (χ0v) is 14.3. The molecule has 1 aromatic rings. The summed E-state index contributed by atoms with van der Waals surface area (Å²) in [4.78, 5) is -0.101. The van der Waals surface area contributed by atoms with E-state index in [9.17, 15) is 21.6 Å². The Morgan fingerprint density at radius 3 is 2.18 bits per heavy atom. The molecule has 0 spiro atoms. The number of alkyl halides is 3. The van der Waals surface area contributed by atoms with E-state index in [0.717, 1.165) is 37.2 Å². The zero-order valence-electron chi connectivity index (χ0n) is 11.8. The normalized spacial score (nSPS) is 12.0. The quantitative estimate of drug-likeness (QED) is 0.539. The first-order valence-corrected chi connectivity index (χ1v) is 8.61. The van der Waals surface area contributed by atoms with E-state index >= 15 is 0 Å². The fraction of sp³-hybridized carbons (Fsp3) is 0.500. The van der Waals surface area contributed by atoms with Crippen LogP contribution in [0.5, 0.6) is 0 Å². The molecule has 0 atom stereocenters. The van der Waals surface area contributed by atoms with Crippen LogP contribution in [-0.2, 0) is 10.0 Å². The van der Waals surface area contributed by atoms with Crippen molar-refractivity contribution in [3.8, 4) is 0 Å². The van der Waals surface area contributed by atoms with Crippen LogP contribution in [0.4, 0.5) is 13.2 Å². The summed E-state index contributed by atoms with van der Waals surface area (Å²) in [5.41, 5.74) is -4.39. The van der Waals surface area contributed by atoms with Gasteiger partial charge in [0.25, 0.3) is 0 Å². The Kier molecular flexibility index (Phi) is 9.40. The Hall–Kier alpha value is -0.480. The lowest BCUT2D eigenvalue weighted by molar-refractivity contribution is -0.0328. The van der Waals surface area contributed by atoms with E-state index in [1.54, 1.807) is 0 Å². The third kappa shape index (κ3) is 8.23. The Labute approximate surface area is 138 Å². The number of nitrogens with one attached hydrogen (secondary N) is 2. The van der Waals surface area contributed by atoms with Gasteiger partial charge < -0.3 is 5.32 Å². The number of rotatable bonds is 8. The van der Waals surface area contributed by atoms with Gasteiger partial charge in [0.1, 0.15) is 0 Å². The van der Waals surface area contributed by atoms with Crippen LogP contribution in [0.2, 0.25) is 0 Å². The highest BCUT2D eigenvalue weighted by Crippen LogP contribution is 2.36. The molecule has 4 nitrogen and oxygen atoms in total. The molecule has 128 valence electrons. The van der Waals surface area contributed by atoms with Gasteiger partial charge in [-0.15, -0.1) is 12.4 Å². The summed E-state index contributed by atoms with van der Waals surface area (Å²) >= 11 is -0.278. The molecule has 0 radical (unpaired) electrons. The van der Waals surface area contributed by atoms with Crippen LogP contribution >= 0.6 is 24.2 Å². The van der Waals surface area contributed by atoms with Crippen LogP contribution in [0, 0.1) is 0 Å². The highest BCUT2D eigenvalue weighted by atomic mass is 35.5. The second kappa shape index (κ2) is 9.61. The molecule has 0 aromatic heterocycles.